The molecule has 3 nitrogen and oxygen atoms in total. The lowest BCUT2D eigenvalue weighted by Gasteiger charge is -2.20. The van der Waals surface area contributed by atoms with E-state index < -0.39 is 0 Å². The molecular weight excluding hydrogens is 291 g/mol. The molecule has 2 aromatic carbocycles. The lowest BCUT2D eigenvalue weighted by molar-refractivity contribution is -0.907. The molecule has 0 aliphatic carbocycles. The van der Waals surface area contributed by atoms with Crippen molar-refractivity contribution in [2.45, 2.75) is 19.5 Å². The molecule has 0 fully saturated rings. The van der Waals surface area contributed by atoms with Crippen molar-refractivity contribution in [3.05, 3.63) is 71.7 Å². The molecule has 0 aliphatic heterocycles. The maximum atomic E-state index is 13.3. The summed E-state index contributed by atoms with van der Waals surface area (Å²) in [6, 6.07) is 14.1. The molecule has 1 heterocycles. The highest BCUT2D eigenvalue weighted by molar-refractivity contribution is 6.09. The standard InChI is InChI=1S/C19H19FN2O/c1-13(22(2)12-14-6-5-7-15(20)10-14)19(23)17-11-21-18-9-4-3-8-16(17)18/h3-11,13,21H,12H2,1-2H3/p+1/t13-/m1/s1. The average molecular weight is 311 g/mol. The van der Waals surface area contributed by atoms with E-state index in [1.807, 2.05) is 44.3 Å². The van der Waals surface area contributed by atoms with Gasteiger partial charge in [-0.25, -0.2) is 4.39 Å². The van der Waals surface area contributed by atoms with Crippen LogP contribution in [-0.2, 0) is 6.54 Å². The zero-order valence-corrected chi connectivity index (χ0v) is 13.3. The fraction of sp³-hybridized carbons (Fsp3) is 0.211. The smallest absolute Gasteiger partial charge is 0.221 e. The normalized spacial score (nSPS) is 13.9. The van der Waals surface area contributed by atoms with Gasteiger partial charge in [0.15, 0.2) is 0 Å². The van der Waals surface area contributed by atoms with Crippen molar-refractivity contribution in [3.8, 4) is 0 Å². The molecule has 23 heavy (non-hydrogen) atoms. The molecular formula is C19H20FN2O+. The van der Waals surface area contributed by atoms with E-state index in [1.54, 1.807) is 12.3 Å². The molecule has 0 saturated heterocycles. The van der Waals surface area contributed by atoms with Crippen molar-refractivity contribution >= 4 is 16.7 Å². The molecule has 118 valence electrons. The van der Waals surface area contributed by atoms with E-state index >= 15 is 0 Å². The Labute approximate surface area is 134 Å². The molecule has 1 aromatic heterocycles. The summed E-state index contributed by atoms with van der Waals surface area (Å²) in [6.45, 7) is 2.52. The lowest BCUT2D eigenvalue weighted by Crippen LogP contribution is -3.12. The summed E-state index contributed by atoms with van der Waals surface area (Å²) in [5.41, 5.74) is 2.57. The van der Waals surface area contributed by atoms with Crippen LogP contribution in [0.15, 0.2) is 54.7 Å². The molecule has 0 saturated carbocycles. The van der Waals surface area contributed by atoms with Gasteiger partial charge in [0, 0.05) is 28.2 Å². The highest BCUT2D eigenvalue weighted by Crippen LogP contribution is 2.18. The zero-order valence-electron chi connectivity index (χ0n) is 13.3. The van der Waals surface area contributed by atoms with Gasteiger partial charge in [-0.2, -0.15) is 0 Å². The van der Waals surface area contributed by atoms with Crippen LogP contribution in [0, 0.1) is 5.82 Å². The number of Topliss-reactive ketones (excluding diaryl/α,β-unsaturated/α-hetero) is 1. The topological polar surface area (TPSA) is 37.3 Å². The van der Waals surface area contributed by atoms with Crippen molar-refractivity contribution in [1.82, 2.24) is 4.98 Å². The third kappa shape index (κ3) is 3.17. The Kier molecular flexibility index (Phi) is 4.26. The Morgan fingerprint density at radius 3 is 2.78 bits per heavy atom. The number of aromatic amines is 1. The Morgan fingerprint density at radius 2 is 2.00 bits per heavy atom. The van der Waals surface area contributed by atoms with Crippen molar-refractivity contribution in [1.29, 1.82) is 0 Å². The van der Waals surface area contributed by atoms with Gasteiger partial charge in [-0.05, 0) is 25.1 Å². The predicted molar refractivity (Wildman–Crippen MR) is 89.1 cm³/mol. The third-order valence-corrected chi connectivity index (χ3v) is 4.36. The number of likely N-dealkylation sites (N-methyl/N-ethyl adjacent to an activating group) is 1. The van der Waals surface area contributed by atoms with Crippen LogP contribution < -0.4 is 4.90 Å². The molecule has 0 amide bonds. The summed E-state index contributed by atoms with van der Waals surface area (Å²) in [5.74, 6) is -0.151. The summed E-state index contributed by atoms with van der Waals surface area (Å²) in [7, 11) is 1.96. The number of H-pyrrole nitrogens is 1. The van der Waals surface area contributed by atoms with Gasteiger partial charge in [0.05, 0.1) is 7.05 Å². The van der Waals surface area contributed by atoms with Crippen LogP contribution in [0.25, 0.3) is 10.9 Å². The quantitative estimate of drug-likeness (QED) is 0.698. The Morgan fingerprint density at radius 1 is 1.22 bits per heavy atom. The van der Waals surface area contributed by atoms with Gasteiger partial charge < -0.3 is 9.88 Å². The van der Waals surface area contributed by atoms with E-state index in [-0.39, 0.29) is 17.6 Å². The van der Waals surface area contributed by atoms with Crippen molar-refractivity contribution in [3.63, 3.8) is 0 Å². The monoisotopic (exact) mass is 311 g/mol. The number of ketones is 1. The maximum absolute atomic E-state index is 13.3. The summed E-state index contributed by atoms with van der Waals surface area (Å²) in [5, 5.41) is 0.947. The van der Waals surface area contributed by atoms with Gasteiger partial charge in [0.1, 0.15) is 18.4 Å². The molecule has 0 bridgehead atoms. The molecule has 0 aliphatic rings. The second kappa shape index (κ2) is 6.34. The first-order valence-corrected chi connectivity index (χ1v) is 7.73. The van der Waals surface area contributed by atoms with Crippen LogP contribution in [-0.4, -0.2) is 23.9 Å². The number of hydrogen-bond acceptors (Lipinski definition) is 1. The van der Waals surface area contributed by atoms with E-state index in [1.165, 1.54) is 12.1 Å². The molecule has 2 N–H and O–H groups in total. The summed E-state index contributed by atoms with van der Waals surface area (Å²) in [4.78, 5) is 17.0. The first kappa shape index (κ1) is 15.4. The highest BCUT2D eigenvalue weighted by atomic mass is 19.1. The fourth-order valence-corrected chi connectivity index (χ4v) is 2.85. The number of hydrogen-bond donors (Lipinski definition) is 2. The van der Waals surface area contributed by atoms with Crippen LogP contribution in [0.3, 0.4) is 0 Å². The van der Waals surface area contributed by atoms with E-state index in [0.717, 1.165) is 21.4 Å². The number of rotatable bonds is 5. The minimum Gasteiger partial charge on any atom is -0.360 e. The second-order valence-corrected chi connectivity index (χ2v) is 5.99. The number of fused-ring (bicyclic) bond motifs is 1. The van der Waals surface area contributed by atoms with Crippen LogP contribution in [0.5, 0.6) is 0 Å². The Bertz CT molecular complexity index is 840. The minimum absolute atomic E-state index is 0.0938. The molecule has 0 radical (unpaired) electrons. The van der Waals surface area contributed by atoms with E-state index in [9.17, 15) is 9.18 Å². The Hall–Kier alpha value is -2.46. The first-order chi connectivity index (χ1) is 11.1. The number of para-hydroxylation sites is 1. The summed E-state index contributed by atoms with van der Waals surface area (Å²) in [6.07, 6.45) is 1.78. The largest absolute Gasteiger partial charge is 0.360 e. The predicted octanol–water partition coefficient (Wildman–Crippen LogP) is 2.59. The minimum atomic E-state index is -0.245. The van der Waals surface area contributed by atoms with E-state index in [0.29, 0.717) is 12.1 Å². The van der Waals surface area contributed by atoms with Gasteiger partial charge in [0.25, 0.3) is 0 Å². The molecule has 2 atom stereocenters. The number of benzene rings is 2. The highest BCUT2D eigenvalue weighted by Gasteiger charge is 2.25. The molecule has 4 heteroatoms. The maximum Gasteiger partial charge on any atom is 0.221 e. The van der Waals surface area contributed by atoms with Gasteiger partial charge in [-0.3, -0.25) is 4.79 Å². The van der Waals surface area contributed by atoms with E-state index in [2.05, 4.69) is 4.98 Å². The number of nitrogens with one attached hydrogen (secondary N) is 2. The van der Waals surface area contributed by atoms with Gasteiger partial charge in [-0.1, -0.05) is 30.3 Å². The second-order valence-electron chi connectivity index (χ2n) is 5.99. The van der Waals surface area contributed by atoms with Crippen molar-refractivity contribution in [2.75, 3.05) is 7.05 Å². The van der Waals surface area contributed by atoms with E-state index in [4.69, 9.17) is 0 Å². The third-order valence-electron chi connectivity index (χ3n) is 4.36. The first-order valence-electron chi connectivity index (χ1n) is 7.73. The van der Waals surface area contributed by atoms with Crippen LogP contribution in [0.4, 0.5) is 4.39 Å². The fourth-order valence-electron chi connectivity index (χ4n) is 2.85. The van der Waals surface area contributed by atoms with Crippen LogP contribution in [0.2, 0.25) is 0 Å². The summed E-state index contributed by atoms with van der Waals surface area (Å²) < 4.78 is 13.3. The van der Waals surface area contributed by atoms with Crippen LogP contribution in [0.1, 0.15) is 22.8 Å². The molecule has 0 spiro atoms. The Balaban J connectivity index is 1.79. The SMILES string of the molecule is C[C@H](C(=O)c1c[nH]c2ccccc12)[NH+](C)Cc1cccc(F)c1. The number of carbonyl (C=O) groups excluding carboxylic acids is 1. The molecule has 1 unspecified atom stereocenters. The number of carbonyl (C=O) groups is 1. The average Bonchev–Trinajstić information content (AvgIpc) is 2.97. The number of quaternary nitrogens is 1. The van der Waals surface area contributed by atoms with Gasteiger partial charge in [-0.15, -0.1) is 0 Å². The zero-order chi connectivity index (χ0) is 16.4. The molecule has 3 rings (SSSR count). The lowest BCUT2D eigenvalue weighted by atomic mass is 10.0. The molecule has 3 aromatic rings. The number of aromatic nitrogens is 1. The van der Waals surface area contributed by atoms with Crippen molar-refractivity contribution < 1.29 is 14.1 Å². The van der Waals surface area contributed by atoms with Crippen LogP contribution >= 0.6 is 0 Å². The van der Waals surface area contributed by atoms with Gasteiger partial charge >= 0.3 is 0 Å². The van der Waals surface area contributed by atoms with Gasteiger partial charge in [0.2, 0.25) is 5.78 Å². The van der Waals surface area contributed by atoms with Crippen molar-refractivity contribution in [2.24, 2.45) is 0 Å². The number of halogens is 1. The summed E-state index contributed by atoms with van der Waals surface area (Å²) >= 11 is 0.